The predicted molar refractivity (Wildman–Crippen MR) is 116 cm³/mol. The molecule has 3 heterocycles. The van der Waals surface area contributed by atoms with Gasteiger partial charge in [-0.2, -0.15) is 26.7 Å². The van der Waals surface area contributed by atoms with Crippen molar-refractivity contribution in [2.75, 3.05) is 5.32 Å². The van der Waals surface area contributed by atoms with Crippen molar-refractivity contribution in [3.63, 3.8) is 0 Å². The van der Waals surface area contributed by atoms with Crippen LogP contribution in [0.3, 0.4) is 0 Å². The highest BCUT2D eigenvalue weighted by molar-refractivity contribution is 7.80. The quantitative estimate of drug-likeness (QED) is 0.332. The number of carbonyl (C=O) groups is 1. The summed E-state index contributed by atoms with van der Waals surface area (Å²) in [5.41, 5.74) is -1.18. The van der Waals surface area contributed by atoms with Crippen LogP contribution in [0.15, 0.2) is 53.4 Å². The van der Waals surface area contributed by atoms with Crippen molar-refractivity contribution in [2.45, 2.75) is 12.4 Å². The van der Waals surface area contributed by atoms with Crippen molar-refractivity contribution in [2.24, 2.45) is 0 Å². The molecule has 16 heteroatoms. The SMILES string of the molecule is O=C(Nc1ccc2nonc2c1)c1cnn(-c2cccc3c2C=CNC3OS(=O)(=O)O)c1C(F)(F)F. The molecule has 5 rings (SSSR count). The van der Waals surface area contributed by atoms with Crippen LogP contribution in [0.1, 0.15) is 33.4 Å². The van der Waals surface area contributed by atoms with Crippen molar-refractivity contribution in [3.05, 3.63) is 71.2 Å². The highest BCUT2D eigenvalue weighted by atomic mass is 32.3. The Morgan fingerprint density at radius 2 is 1.97 bits per heavy atom. The van der Waals surface area contributed by atoms with Gasteiger partial charge in [-0.3, -0.25) is 9.35 Å². The second-order valence-corrected chi connectivity index (χ2v) is 8.47. The normalized spacial score (nSPS) is 15.5. The third-order valence-electron chi connectivity index (χ3n) is 5.14. The lowest BCUT2D eigenvalue weighted by Crippen LogP contribution is -2.26. The fraction of sp³-hybridized carbons (Fsp3) is 0.100. The molecule has 2 aromatic heterocycles. The highest BCUT2D eigenvalue weighted by Crippen LogP contribution is 2.37. The van der Waals surface area contributed by atoms with Gasteiger partial charge in [0.1, 0.15) is 11.0 Å². The van der Waals surface area contributed by atoms with Crippen LogP contribution in [0.25, 0.3) is 22.8 Å². The van der Waals surface area contributed by atoms with E-state index in [2.05, 4.69) is 34.9 Å². The van der Waals surface area contributed by atoms with Crippen LogP contribution in [-0.2, 0) is 20.8 Å². The van der Waals surface area contributed by atoms with E-state index >= 15 is 0 Å². The van der Waals surface area contributed by atoms with E-state index in [4.69, 9.17) is 4.55 Å². The van der Waals surface area contributed by atoms with Gasteiger partial charge in [0.15, 0.2) is 11.9 Å². The lowest BCUT2D eigenvalue weighted by Gasteiger charge is -2.24. The Hall–Kier alpha value is -4.28. The third kappa shape index (κ3) is 4.39. The summed E-state index contributed by atoms with van der Waals surface area (Å²) in [5, 5.41) is 15.9. The molecule has 1 unspecified atom stereocenters. The number of rotatable bonds is 5. The van der Waals surface area contributed by atoms with Crippen LogP contribution in [0, 0.1) is 0 Å². The maximum absolute atomic E-state index is 14.2. The second-order valence-electron chi connectivity index (χ2n) is 7.42. The number of nitrogens with one attached hydrogen (secondary N) is 2. The summed E-state index contributed by atoms with van der Waals surface area (Å²) in [6, 6.07) is 8.30. The molecule has 0 fully saturated rings. The molecular formula is C20H13F3N6O6S. The van der Waals surface area contributed by atoms with Crippen molar-refractivity contribution in [1.82, 2.24) is 25.4 Å². The summed E-state index contributed by atoms with van der Waals surface area (Å²) < 4.78 is 83.6. The molecule has 0 saturated carbocycles. The number of anilines is 1. The summed E-state index contributed by atoms with van der Waals surface area (Å²) >= 11 is 0. The first-order valence-electron chi connectivity index (χ1n) is 9.92. The van der Waals surface area contributed by atoms with E-state index in [0.29, 0.717) is 10.2 Å². The lowest BCUT2D eigenvalue weighted by molar-refractivity contribution is -0.143. The molecule has 0 bridgehead atoms. The molecule has 1 aliphatic rings. The van der Waals surface area contributed by atoms with Gasteiger partial charge in [-0.1, -0.05) is 12.1 Å². The fourth-order valence-electron chi connectivity index (χ4n) is 3.70. The fourth-order valence-corrected chi connectivity index (χ4v) is 4.11. The number of aromatic nitrogens is 4. The van der Waals surface area contributed by atoms with E-state index < -0.39 is 40.0 Å². The summed E-state index contributed by atoms with van der Waals surface area (Å²) in [7, 11) is -4.89. The third-order valence-corrected chi connectivity index (χ3v) is 5.57. The van der Waals surface area contributed by atoms with Crippen LogP contribution in [0.4, 0.5) is 18.9 Å². The topological polar surface area (TPSA) is 161 Å². The van der Waals surface area contributed by atoms with Gasteiger partial charge in [0.05, 0.1) is 17.4 Å². The minimum Gasteiger partial charge on any atom is -0.361 e. The second kappa shape index (κ2) is 8.43. The molecular weight excluding hydrogens is 509 g/mol. The maximum atomic E-state index is 14.2. The van der Waals surface area contributed by atoms with Gasteiger partial charge in [0, 0.05) is 16.8 Å². The van der Waals surface area contributed by atoms with Crippen molar-refractivity contribution >= 4 is 39.1 Å². The van der Waals surface area contributed by atoms with Gasteiger partial charge in [0.25, 0.3) is 5.91 Å². The molecule has 0 saturated heterocycles. The molecule has 3 N–H and O–H groups in total. The molecule has 0 spiro atoms. The monoisotopic (exact) mass is 522 g/mol. The number of hydrogen-bond acceptors (Lipinski definition) is 9. The van der Waals surface area contributed by atoms with Crippen LogP contribution < -0.4 is 10.6 Å². The van der Waals surface area contributed by atoms with E-state index in [1.807, 2.05) is 0 Å². The first kappa shape index (κ1) is 23.5. The lowest BCUT2D eigenvalue weighted by atomic mass is 10.0. The van der Waals surface area contributed by atoms with E-state index in [1.54, 1.807) is 0 Å². The number of amides is 1. The smallest absolute Gasteiger partial charge is 0.361 e. The summed E-state index contributed by atoms with van der Waals surface area (Å²) in [5.74, 6) is -1.08. The van der Waals surface area contributed by atoms with Crippen molar-refractivity contribution in [1.29, 1.82) is 0 Å². The summed E-state index contributed by atoms with van der Waals surface area (Å²) in [4.78, 5) is 12.8. The Kier molecular flexibility index (Phi) is 5.50. The van der Waals surface area contributed by atoms with Crippen molar-refractivity contribution in [3.8, 4) is 5.69 Å². The number of benzene rings is 2. The minimum atomic E-state index is -5.01. The van der Waals surface area contributed by atoms with Crippen LogP contribution in [-0.4, -0.2) is 39.0 Å². The molecule has 0 radical (unpaired) electrons. The van der Waals surface area contributed by atoms with Gasteiger partial charge in [-0.25, -0.2) is 13.5 Å². The van der Waals surface area contributed by atoms with Gasteiger partial charge < -0.3 is 10.6 Å². The average Bonchev–Trinajstić information content (AvgIpc) is 3.45. The molecule has 36 heavy (non-hydrogen) atoms. The van der Waals surface area contributed by atoms with E-state index in [9.17, 15) is 26.4 Å². The number of fused-ring (bicyclic) bond motifs is 2. The zero-order chi connectivity index (χ0) is 25.7. The minimum absolute atomic E-state index is 0.108. The molecule has 186 valence electrons. The van der Waals surface area contributed by atoms with Gasteiger partial charge in [0.2, 0.25) is 0 Å². The standard InChI is InChI=1S/C20H13F3N6O6S/c21-20(22,23)17-13(18(30)26-10-4-5-14-15(8-10)28-35-27-14)9-25-29(17)16-3-1-2-12-11(16)6-7-24-19(12)34-36(31,32)33/h1-9,19,24H,(H,26,30)(H,31,32,33). The number of alkyl halides is 3. The molecule has 1 amide bonds. The van der Waals surface area contributed by atoms with E-state index in [-0.39, 0.29) is 28.0 Å². The largest absolute Gasteiger partial charge is 0.434 e. The Morgan fingerprint density at radius 3 is 2.72 bits per heavy atom. The van der Waals surface area contributed by atoms with Crippen LogP contribution in [0.2, 0.25) is 0 Å². The summed E-state index contributed by atoms with van der Waals surface area (Å²) in [6.07, 6.45) is -3.04. The molecule has 2 aromatic carbocycles. The number of nitrogens with zero attached hydrogens (tertiary/aromatic N) is 4. The highest BCUT2D eigenvalue weighted by Gasteiger charge is 2.41. The van der Waals surface area contributed by atoms with Gasteiger partial charge in [-0.05, 0) is 46.9 Å². The molecule has 4 aromatic rings. The predicted octanol–water partition coefficient (Wildman–Crippen LogP) is 3.07. The molecule has 0 aliphatic carbocycles. The zero-order valence-corrected chi connectivity index (χ0v) is 18.4. The van der Waals surface area contributed by atoms with Gasteiger partial charge >= 0.3 is 16.6 Å². The molecule has 12 nitrogen and oxygen atoms in total. The van der Waals surface area contributed by atoms with Crippen molar-refractivity contribution < 1.29 is 39.7 Å². The van der Waals surface area contributed by atoms with E-state index in [1.165, 1.54) is 48.7 Å². The van der Waals surface area contributed by atoms with Crippen LogP contribution >= 0.6 is 0 Å². The first-order chi connectivity index (χ1) is 17.0. The molecule has 1 atom stereocenters. The molecule has 1 aliphatic heterocycles. The van der Waals surface area contributed by atoms with E-state index in [0.717, 1.165) is 6.20 Å². The van der Waals surface area contributed by atoms with Crippen LogP contribution in [0.5, 0.6) is 0 Å². The zero-order valence-electron chi connectivity index (χ0n) is 17.6. The number of halogens is 3. The average molecular weight is 522 g/mol. The number of hydrogen-bond donors (Lipinski definition) is 3. The Balaban J connectivity index is 1.56. The Labute approximate surface area is 199 Å². The number of carbonyl (C=O) groups excluding carboxylic acids is 1. The van der Waals surface area contributed by atoms with Gasteiger partial charge in [-0.15, -0.1) is 0 Å². The summed E-state index contributed by atoms with van der Waals surface area (Å²) in [6.45, 7) is 0. The Bertz CT molecular complexity index is 1630. The first-order valence-corrected chi connectivity index (χ1v) is 11.3. The Morgan fingerprint density at radius 1 is 1.19 bits per heavy atom. The maximum Gasteiger partial charge on any atom is 0.434 e.